The molecule has 0 radical (unpaired) electrons. The van der Waals surface area contributed by atoms with Crippen LogP contribution in [-0.4, -0.2) is 28.3 Å². The van der Waals surface area contributed by atoms with Crippen molar-refractivity contribution in [1.29, 1.82) is 0 Å². The zero-order chi connectivity index (χ0) is 14.8. The standard InChI is InChI=1S/C16H18N2O3/c1-10-13(6-7-19)16(20)18-15(17-10)12-8-11-4-2-3-5-14(11)21-9-12/h2-5,12,19H,6-9H2,1H3,(H,17,18,20). The van der Waals surface area contributed by atoms with Crippen molar-refractivity contribution in [1.82, 2.24) is 9.97 Å². The van der Waals surface area contributed by atoms with Crippen molar-refractivity contribution in [3.05, 3.63) is 57.3 Å². The molecule has 0 saturated heterocycles. The van der Waals surface area contributed by atoms with Crippen LogP contribution in [-0.2, 0) is 12.8 Å². The van der Waals surface area contributed by atoms with E-state index in [1.54, 1.807) is 6.92 Å². The van der Waals surface area contributed by atoms with E-state index in [4.69, 9.17) is 9.84 Å². The van der Waals surface area contributed by atoms with E-state index in [0.29, 0.717) is 30.1 Å². The second-order valence-electron chi connectivity index (χ2n) is 5.31. The molecule has 1 unspecified atom stereocenters. The van der Waals surface area contributed by atoms with Crippen molar-refractivity contribution in [3.63, 3.8) is 0 Å². The molecule has 1 aromatic heterocycles. The molecule has 2 heterocycles. The van der Waals surface area contributed by atoms with Crippen LogP contribution in [0.4, 0.5) is 0 Å². The molecule has 3 rings (SSSR count). The molecule has 0 fully saturated rings. The van der Waals surface area contributed by atoms with E-state index < -0.39 is 0 Å². The summed E-state index contributed by atoms with van der Waals surface area (Å²) in [6.07, 6.45) is 1.14. The van der Waals surface area contributed by atoms with E-state index in [1.807, 2.05) is 24.3 Å². The molecule has 110 valence electrons. The molecule has 0 aliphatic carbocycles. The Morgan fingerprint density at radius 2 is 2.24 bits per heavy atom. The molecule has 2 N–H and O–H groups in total. The van der Waals surface area contributed by atoms with Crippen LogP contribution in [0, 0.1) is 6.92 Å². The highest BCUT2D eigenvalue weighted by Gasteiger charge is 2.23. The van der Waals surface area contributed by atoms with Gasteiger partial charge in [0.25, 0.3) is 5.56 Å². The van der Waals surface area contributed by atoms with Gasteiger partial charge in [-0.2, -0.15) is 0 Å². The number of nitrogens with zero attached hydrogens (tertiary/aromatic N) is 1. The highest BCUT2D eigenvalue weighted by Crippen LogP contribution is 2.30. The van der Waals surface area contributed by atoms with E-state index in [1.165, 1.54) is 0 Å². The van der Waals surface area contributed by atoms with E-state index in [9.17, 15) is 4.79 Å². The Labute approximate surface area is 122 Å². The number of para-hydroxylation sites is 1. The second kappa shape index (κ2) is 5.69. The van der Waals surface area contributed by atoms with E-state index in [0.717, 1.165) is 17.7 Å². The normalized spacial score (nSPS) is 17.1. The number of hydrogen-bond acceptors (Lipinski definition) is 4. The molecule has 5 heteroatoms. The number of rotatable bonds is 3. The molecule has 0 bridgehead atoms. The van der Waals surface area contributed by atoms with Gasteiger partial charge < -0.3 is 14.8 Å². The van der Waals surface area contributed by atoms with Crippen molar-refractivity contribution < 1.29 is 9.84 Å². The van der Waals surface area contributed by atoms with Crippen LogP contribution in [0.5, 0.6) is 5.75 Å². The van der Waals surface area contributed by atoms with Gasteiger partial charge in [-0.05, 0) is 25.0 Å². The quantitative estimate of drug-likeness (QED) is 0.892. The molecule has 1 aliphatic rings. The van der Waals surface area contributed by atoms with Gasteiger partial charge in [-0.3, -0.25) is 4.79 Å². The van der Waals surface area contributed by atoms with Gasteiger partial charge in [0.1, 0.15) is 11.6 Å². The average molecular weight is 286 g/mol. The molecule has 21 heavy (non-hydrogen) atoms. The SMILES string of the molecule is Cc1nc(C2COc3ccccc3C2)[nH]c(=O)c1CCO. The first kappa shape index (κ1) is 13.8. The van der Waals surface area contributed by atoms with E-state index in [2.05, 4.69) is 9.97 Å². The number of fused-ring (bicyclic) bond motifs is 1. The highest BCUT2D eigenvalue weighted by molar-refractivity contribution is 5.36. The van der Waals surface area contributed by atoms with Gasteiger partial charge in [0.05, 0.1) is 12.5 Å². The first-order valence-corrected chi connectivity index (χ1v) is 7.10. The number of aromatic nitrogens is 2. The highest BCUT2D eigenvalue weighted by atomic mass is 16.5. The smallest absolute Gasteiger partial charge is 0.254 e. The van der Waals surface area contributed by atoms with Gasteiger partial charge >= 0.3 is 0 Å². The van der Waals surface area contributed by atoms with Crippen molar-refractivity contribution in [3.8, 4) is 5.75 Å². The fourth-order valence-corrected chi connectivity index (χ4v) is 2.74. The van der Waals surface area contributed by atoms with Gasteiger partial charge in [-0.25, -0.2) is 4.98 Å². The Bertz CT molecular complexity index is 709. The third-order valence-corrected chi connectivity index (χ3v) is 3.87. The predicted octanol–water partition coefficient (Wildman–Crippen LogP) is 1.33. The summed E-state index contributed by atoms with van der Waals surface area (Å²) >= 11 is 0. The lowest BCUT2D eigenvalue weighted by Crippen LogP contribution is -2.26. The molecule has 0 amide bonds. The molecule has 2 aromatic rings. The van der Waals surface area contributed by atoms with Gasteiger partial charge in [0.2, 0.25) is 0 Å². The number of aromatic amines is 1. The summed E-state index contributed by atoms with van der Waals surface area (Å²) < 4.78 is 5.75. The van der Waals surface area contributed by atoms with E-state index in [-0.39, 0.29) is 18.1 Å². The summed E-state index contributed by atoms with van der Waals surface area (Å²) in [5.41, 5.74) is 2.21. The minimum atomic E-state index is -0.162. The van der Waals surface area contributed by atoms with Crippen LogP contribution in [0.15, 0.2) is 29.1 Å². The number of aliphatic hydroxyl groups is 1. The molecule has 5 nitrogen and oxygen atoms in total. The monoisotopic (exact) mass is 286 g/mol. The zero-order valence-corrected chi connectivity index (χ0v) is 11.9. The maximum Gasteiger partial charge on any atom is 0.254 e. The summed E-state index contributed by atoms with van der Waals surface area (Å²) in [6, 6.07) is 7.92. The first-order chi connectivity index (χ1) is 10.2. The van der Waals surface area contributed by atoms with Crippen molar-refractivity contribution >= 4 is 0 Å². The molecule has 1 aromatic carbocycles. The second-order valence-corrected chi connectivity index (χ2v) is 5.31. The maximum atomic E-state index is 12.1. The summed E-state index contributed by atoms with van der Waals surface area (Å²) in [5.74, 6) is 1.62. The van der Waals surface area contributed by atoms with Crippen LogP contribution in [0.3, 0.4) is 0 Å². The number of aliphatic hydroxyl groups excluding tert-OH is 1. The third-order valence-electron chi connectivity index (χ3n) is 3.87. The van der Waals surface area contributed by atoms with Crippen LogP contribution < -0.4 is 10.3 Å². The number of aryl methyl sites for hydroxylation is 1. The molecule has 1 aliphatic heterocycles. The van der Waals surface area contributed by atoms with E-state index >= 15 is 0 Å². The zero-order valence-electron chi connectivity index (χ0n) is 11.9. The van der Waals surface area contributed by atoms with Gasteiger partial charge in [0.15, 0.2) is 0 Å². The Hall–Kier alpha value is -2.14. The summed E-state index contributed by atoms with van der Waals surface area (Å²) in [6.45, 7) is 2.27. The van der Waals surface area contributed by atoms with Crippen LogP contribution in [0.2, 0.25) is 0 Å². The molecule has 0 saturated carbocycles. The van der Waals surface area contributed by atoms with Crippen molar-refractivity contribution in [2.24, 2.45) is 0 Å². The van der Waals surface area contributed by atoms with Gasteiger partial charge in [-0.1, -0.05) is 18.2 Å². The van der Waals surface area contributed by atoms with Crippen molar-refractivity contribution in [2.45, 2.75) is 25.7 Å². The minimum Gasteiger partial charge on any atom is -0.493 e. The lowest BCUT2D eigenvalue weighted by molar-refractivity contribution is 0.257. The third kappa shape index (κ3) is 2.69. The fourth-order valence-electron chi connectivity index (χ4n) is 2.74. The van der Waals surface area contributed by atoms with Crippen LogP contribution in [0.1, 0.15) is 28.6 Å². The van der Waals surface area contributed by atoms with Crippen LogP contribution >= 0.6 is 0 Å². The summed E-state index contributed by atoms with van der Waals surface area (Å²) in [4.78, 5) is 19.4. The number of benzene rings is 1. The minimum absolute atomic E-state index is 0.0504. The Morgan fingerprint density at radius 3 is 3.00 bits per heavy atom. The maximum absolute atomic E-state index is 12.1. The number of ether oxygens (including phenoxy) is 1. The molecule has 0 spiro atoms. The summed E-state index contributed by atoms with van der Waals surface area (Å²) in [7, 11) is 0. The lowest BCUT2D eigenvalue weighted by atomic mass is 9.96. The Kier molecular flexibility index (Phi) is 3.75. The first-order valence-electron chi connectivity index (χ1n) is 7.10. The number of H-pyrrole nitrogens is 1. The van der Waals surface area contributed by atoms with Crippen molar-refractivity contribution in [2.75, 3.05) is 13.2 Å². The average Bonchev–Trinajstić information content (AvgIpc) is 2.50. The number of hydrogen-bond donors (Lipinski definition) is 2. The molecular weight excluding hydrogens is 268 g/mol. The van der Waals surface area contributed by atoms with Gasteiger partial charge in [0, 0.05) is 24.3 Å². The number of nitrogens with one attached hydrogen (secondary N) is 1. The van der Waals surface area contributed by atoms with Gasteiger partial charge in [-0.15, -0.1) is 0 Å². The Balaban J connectivity index is 1.91. The Morgan fingerprint density at radius 1 is 1.43 bits per heavy atom. The fraction of sp³-hybridized carbons (Fsp3) is 0.375. The molecular formula is C16H18N2O3. The summed E-state index contributed by atoms with van der Waals surface area (Å²) in [5, 5.41) is 9.00. The largest absolute Gasteiger partial charge is 0.493 e. The predicted molar refractivity (Wildman–Crippen MR) is 78.8 cm³/mol. The molecule has 1 atom stereocenters. The van der Waals surface area contributed by atoms with Crippen LogP contribution in [0.25, 0.3) is 0 Å². The topological polar surface area (TPSA) is 75.2 Å². The lowest BCUT2D eigenvalue weighted by Gasteiger charge is -2.24.